The van der Waals surface area contributed by atoms with Gasteiger partial charge in [-0.25, -0.2) is 4.98 Å². The molecule has 0 radical (unpaired) electrons. The molecular weight excluding hydrogens is 422 g/mol. The summed E-state index contributed by atoms with van der Waals surface area (Å²) in [5, 5.41) is 14.9. The molecule has 2 aromatic rings. The topological polar surface area (TPSA) is 118 Å². The Morgan fingerprint density at radius 1 is 0.968 bits per heavy atom. The van der Waals surface area contributed by atoms with E-state index in [0.29, 0.717) is 42.0 Å². The molecule has 0 atom stereocenters. The van der Waals surface area contributed by atoms with E-state index in [4.69, 9.17) is 21.4 Å². The molecule has 31 heavy (non-hydrogen) atoms. The van der Waals surface area contributed by atoms with E-state index in [0.717, 1.165) is 0 Å². The molecule has 2 amide bonds. The Morgan fingerprint density at radius 3 is 2.19 bits per heavy atom. The van der Waals surface area contributed by atoms with Crippen molar-refractivity contribution in [1.82, 2.24) is 15.6 Å². The minimum atomic E-state index is -0.741. The van der Waals surface area contributed by atoms with Crippen molar-refractivity contribution < 1.29 is 24.2 Å². The van der Waals surface area contributed by atoms with Crippen molar-refractivity contribution in [1.29, 1.82) is 0 Å². The van der Waals surface area contributed by atoms with Crippen LogP contribution in [0.1, 0.15) is 46.5 Å². The average molecular weight is 446 g/mol. The number of pyridine rings is 1. The minimum absolute atomic E-state index is 0.00554. The Balaban J connectivity index is 1.38. The van der Waals surface area contributed by atoms with Crippen LogP contribution in [0.3, 0.4) is 0 Å². The van der Waals surface area contributed by atoms with Crippen molar-refractivity contribution in [3.05, 3.63) is 58.9 Å². The molecule has 1 fully saturated rings. The Morgan fingerprint density at radius 2 is 1.61 bits per heavy atom. The van der Waals surface area contributed by atoms with Gasteiger partial charge >= 0.3 is 5.97 Å². The van der Waals surface area contributed by atoms with Crippen molar-refractivity contribution in [3.63, 3.8) is 0 Å². The maximum Gasteiger partial charge on any atom is 0.306 e. The molecule has 1 aromatic carbocycles. The Labute approximate surface area is 185 Å². The van der Waals surface area contributed by atoms with Gasteiger partial charge in [0.25, 0.3) is 11.8 Å². The first-order valence-corrected chi connectivity index (χ1v) is 10.5. The number of ether oxygens (including phenoxy) is 1. The Bertz CT molecular complexity index is 910. The van der Waals surface area contributed by atoms with Gasteiger partial charge < -0.3 is 20.5 Å². The zero-order chi connectivity index (χ0) is 22.2. The van der Waals surface area contributed by atoms with Gasteiger partial charge in [-0.3, -0.25) is 14.4 Å². The maximum atomic E-state index is 12.3. The normalized spacial score (nSPS) is 18.1. The number of hydrogen-bond acceptors (Lipinski definition) is 5. The van der Waals surface area contributed by atoms with Crippen LogP contribution in [0.5, 0.6) is 5.75 Å². The van der Waals surface area contributed by atoms with E-state index >= 15 is 0 Å². The van der Waals surface area contributed by atoms with Gasteiger partial charge in [-0.1, -0.05) is 11.6 Å². The molecule has 0 unspecified atom stereocenters. The predicted molar refractivity (Wildman–Crippen MR) is 114 cm³/mol. The molecular formula is C22H24ClN3O5. The Kier molecular flexibility index (Phi) is 7.83. The number of carboxylic acid groups (broad SMARTS) is 1. The fraction of sp³-hybridized carbons (Fsp3) is 0.364. The van der Waals surface area contributed by atoms with Crippen LogP contribution in [0.15, 0.2) is 42.6 Å². The zero-order valence-electron chi connectivity index (χ0n) is 16.8. The minimum Gasteiger partial charge on any atom is -0.490 e. The van der Waals surface area contributed by atoms with Crippen molar-refractivity contribution >= 4 is 29.4 Å². The number of carbonyl (C=O) groups is 3. The average Bonchev–Trinajstić information content (AvgIpc) is 2.78. The molecule has 9 heteroatoms. The van der Waals surface area contributed by atoms with Gasteiger partial charge in [0.15, 0.2) is 0 Å². The van der Waals surface area contributed by atoms with Crippen LogP contribution in [0.4, 0.5) is 0 Å². The number of rotatable bonds is 8. The van der Waals surface area contributed by atoms with Crippen LogP contribution in [0, 0.1) is 5.92 Å². The van der Waals surface area contributed by atoms with Crippen LogP contribution in [0.25, 0.3) is 0 Å². The maximum absolute atomic E-state index is 12.3. The molecule has 1 saturated carbocycles. The van der Waals surface area contributed by atoms with Gasteiger partial charge in [0, 0.05) is 24.8 Å². The number of carbonyl (C=O) groups excluding carboxylic acids is 2. The number of aromatic nitrogens is 1. The summed E-state index contributed by atoms with van der Waals surface area (Å²) in [7, 11) is 0. The lowest BCUT2D eigenvalue weighted by molar-refractivity contribution is -0.143. The molecule has 0 spiro atoms. The first kappa shape index (κ1) is 22.6. The summed E-state index contributed by atoms with van der Waals surface area (Å²) in [5.41, 5.74) is 0.732. The molecule has 1 aromatic heterocycles. The SMILES string of the molecule is O=C(NCCNC(=O)c1ccc(Cl)cn1)c1ccc(O[C@H]2CC[C@@H](C(=O)O)CC2)cc1. The molecule has 3 N–H and O–H groups in total. The van der Waals surface area contributed by atoms with Crippen molar-refractivity contribution in [3.8, 4) is 5.75 Å². The zero-order valence-corrected chi connectivity index (χ0v) is 17.6. The number of halogens is 1. The van der Waals surface area contributed by atoms with E-state index in [-0.39, 0.29) is 42.6 Å². The number of amides is 2. The molecule has 0 aliphatic heterocycles. The Hall–Kier alpha value is -3.13. The first-order chi connectivity index (χ1) is 14.9. The van der Waals surface area contributed by atoms with E-state index in [1.807, 2.05) is 0 Å². The van der Waals surface area contributed by atoms with E-state index < -0.39 is 5.97 Å². The highest BCUT2D eigenvalue weighted by molar-refractivity contribution is 6.30. The molecule has 8 nitrogen and oxygen atoms in total. The standard InChI is InChI=1S/C22H24ClN3O5/c23-16-5-10-19(26-13-16)21(28)25-12-11-24-20(27)14-1-6-17(7-2-14)31-18-8-3-15(4-9-18)22(29)30/h1-2,5-7,10,13,15,18H,3-4,8-9,11-12H2,(H,24,27)(H,25,28)(H,29,30)/t15-,18+. The van der Waals surface area contributed by atoms with E-state index in [2.05, 4.69) is 15.6 Å². The second-order valence-electron chi connectivity index (χ2n) is 7.33. The third kappa shape index (κ3) is 6.68. The van der Waals surface area contributed by atoms with Crippen LogP contribution in [0.2, 0.25) is 5.02 Å². The second kappa shape index (κ2) is 10.8. The van der Waals surface area contributed by atoms with Crippen LogP contribution in [-0.4, -0.2) is 47.1 Å². The highest BCUT2D eigenvalue weighted by atomic mass is 35.5. The van der Waals surface area contributed by atoms with Crippen molar-refractivity contribution in [2.75, 3.05) is 13.1 Å². The van der Waals surface area contributed by atoms with Crippen LogP contribution in [-0.2, 0) is 4.79 Å². The number of nitrogens with one attached hydrogen (secondary N) is 2. The summed E-state index contributed by atoms with van der Waals surface area (Å²) in [6.45, 7) is 0.526. The lowest BCUT2D eigenvalue weighted by Crippen LogP contribution is -2.35. The number of hydrogen-bond donors (Lipinski definition) is 3. The summed E-state index contributed by atoms with van der Waals surface area (Å²) in [4.78, 5) is 39.2. The van der Waals surface area contributed by atoms with Crippen LogP contribution < -0.4 is 15.4 Å². The fourth-order valence-corrected chi connectivity index (χ4v) is 3.47. The van der Waals surface area contributed by atoms with Crippen LogP contribution >= 0.6 is 11.6 Å². The van der Waals surface area contributed by atoms with Crippen molar-refractivity contribution in [2.45, 2.75) is 31.8 Å². The summed E-state index contributed by atoms with van der Waals surface area (Å²) in [6, 6.07) is 9.91. The monoisotopic (exact) mass is 445 g/mol. The lowest BCUT2D eigenvalue weighted by atomic mass is 9.87. The predicted octanol–water partition coefficient (Wildman–Crippen LogP) is 2.92. The van der Waals surface area contributed by atoms with Gasteiger partial charge in [-0.05, 0) is 62.1 Å². The van der Waals surface area contributed by atoms with Gasteiger partial charge in [0.1, 0.15) is 11.4 Å². The smallest absolute Gasteiger partial charge is 0.306 e. The summed E-state index contributed by atoms with van der Waals surface area (Å²) < 4.78 is 5.91. The summed E-state index contributed by atoms with van der Waals surface area (Å²) in [6.07, 6.45) is 4.03. The molecule has 0 saturated heterocycles. The number of nitrogens with zero attached hydrogens (tertiary/aromatic N) is 1. The van der Waals surface area contributed by atoms with Gasteiger partial charge in [-0.15, -0.1) is 0 Å². The highest BCUT2D eigenvalue weighted by Gasteiger charge is 2.26. The summed E-state index contributed by atoms with van der Waals surface area (Å²) >= 11 is 5.74. The molecule has 3 rings (SSSR count). The third-order valence-electron chi connectivity index (χ3n) is 5.10. The quantitative estimate of drug-likeness (QED) is 0.538. The largest absolute Gasteiger partial charge is 0.490 e. The summed E-state index contributed by atoms with van der Waals surface area (Å²) in [5.74, 6) is -0.969. The fourth-order valence-electron chi connectivity index (χ4n) is 3.36. The first-order valence-electron chi connectivity index (χ1n) is 10.1. The molecule has 1 aliphatic rings. The molecule has 0 bridgehead atoms. The van der Waals surface area contributed by atoms with Gasteiger partial charge in [0.05, 0.1) is 17.0 Å². The van der Waals surface area contributed by atoms with E-state index in [1.54, 1.807) is 30.3 Å². The third-order valence-corrected chi connectivity index (χ3v) is 5.32. The lowest BCUT2D eigenvalue weighted by Gasteiger charge is -2.26. The van der Waals surface area contributed by atoms with Gasteiger partial charge in [-0.2, -0.15) is 0 Å². The molecule has 164 valence electrons. The van der Waals surface area contributed by atoms with Crippen molar-refractivity contribution in [2.24, 2.45) is 5.92 Å². The molecule has 1 heterocycles. The second-order valence-corrected chi connectivity index (χ2v) is 7.76. The number of benzene rings is 1. The van der Waals surface area contributed by atoms with E-state index in [9.17, 15) is 14.4 Å². The van der Waals surface area contributed by atoms with Gasteiger partial charge in [0.2, 0.25) is 0 Å². The molecule has 1 aliphatic carbocycles. The number of aliphatic carboxylic acids is 1. The highest BCUT2D eigenvalue weighted by Crippen LogP contribution is 2.28. The number of carboxylic acids is 1. The van der Waals surface area contributed by atoms with E-state index in [1.165, 1.54) is 12.3 Å².